The Hall–Kier alpha value is -2.54. The normalized spacial score (nSPS) is 17.1. The maximum atomic E-state index is 13.3. The smallest absolute Gasteiger partial charge is 0.328 e. The summed E-state index contributed by atoms with van der Waals surface area (Å²) in [4.78, 5) is 29.2. The highest BCUT2D eigenvalue weighted by molar-refractivity contribution is 9.10. The third-order valence-electron chi connectivity index (χ3n) is 4.74. The van der Waals surface area contributed by atoms with Gasteiger partial charge in [0, 0.05) is 34.9 Å². The van der Waals surface area contributed by atoms with Crippen molar-refractivity contribution < 1.29 is 19.1 Å². The van der Waals surface area contributed by atoms with Gasteiger partial charge in [-0.3, -0.25) is 14.6 Å². The molecule has 1 atom stereocenters. The molecular formula is C23H27BrN2O4. The number of hydrogen-bond acceptors (Lipinski definition) is 4. The highest BCUT2D eigenvalue weighted by Crippen LogP contribution is 2.30. The van der Waals surface area contributed by atoms with E-state index in [0.29, 0.717) is 13.1 Å². The van der Waals surface area contributed by atoms with Crippen LogP contribution in [0.15, 0.2) is 53.0 Å². The number of benzene rings is 2. The van der Waals surface area contributed by atoms with Gasteiger partial charge in [-0.15, -0.1) is 0 Å². The van der Waals surface area contributed by atoms with Crippen molar-refractivity contribution in [1.29, 1.82) is 0 Å². The summed E-state index contributed by atoms with van der Waals surface area (Å²) in [6.45, 7) is 6.46. The lowest BCUT2D eigenvalue weighted by Gasteiger charge is -2.40. The van der Waals surface area contributed by atoms with Gasteiger partial charge < -0.3 is 9.47 Å². The Labute approximate surface area is 185 Å². The molecule has 1 aliphatic rings. The number of nitrogens with zero attached hydrogens (tertiary/aromatic N) is 2. The number of carbonyl (C=O) groups excluding carboxylic acids is 2. The molecule has 2 aromatic carbocycles. The van der Waals surface area contributed by atoms with E-state index in [1.165, 1.54) is 0 Å². The second-order valence-electron chi connectivity index (χ2n) is 8.33. The van der Waals surface area contributed by atoms with Crippen LogP contribution in [0.2, 0.25) is 0 Å². The standard InChI is InChI=1S/C23H27BrN2O4/c1-23(2,3)30-21(27)13-16-14-25(18-7-5-17(24)6-8-18)22(28)26(15-16)19-9-11-20(29-4)12-10-19/h5-12,16H,13-15H2,1-4H3. The Balaban J connectivity index is 1.87. The lowest BCUT2D eigenvalue weighted by Crippen LogP contribution is -2.54. The highest BCUT2D eigenvalue weighted by atomic mass is 79.9. The Morgan fingerprint density at radius 3 is 1.97 bits per heavy atom. The molecule has 2 aromatic rings. The summed E-state index contributed by atoms with van der Waals surface area (Å²) in [6, 6.07) is 14.8. The number of halogens is 1. The van der Waals surface area contributed by atoms with Gasteiger partial charge in [0.15, 0.2) is 0 Å². The molecule has 1 unspecified atom stereocenters. The second-order valence-corrected chi connectivity index (χ2v) is 9.25. The SMILES string of the molecule is COc1ccc(N2CC(CC(=O)OC(C)(C)C)CN(c3ccc(Br)cc3)C2=O)cc1. The maximum Gasteiger partial charge on any atom is 0.328 e. The number of hydrogen-bond donors (Lipinski definition) is 0. The average Bonchev–Trinajstić information content (AvgIpc) is 2.68. The molecule has 3 rings (SSSR count). The fourth-order valence-electron chi connectivity index (χ4n) is 3.44. The van der Waals surface area contributed by atoms with Crippen molar-refractivity contribution in [2.45, 2.75) is 32.8 Å². The lowest BCUT2D eigenvalue weighted by atomic mass is 10.0. The molecule has 1 fully saturated rings. The molecular weight excluding hydrogens is 448 g/mol. The van der Waals surface area contributed by atoms with E-state index in [1.807, 2.05) is 69.3 Å². The van der Waals surface area contributed by atoms with Crippen molar-refractivity contribution in [3.63, 3.8) is 0 Å². The molecule has 0 aromatic heterocycles. The molecule has 1 aliphatic heterocycles. The summed E-state index contributed by atoms with van der Waals surface area (Å²) < 4.78 is 11.7. The number of urea groups is 1. The van der Waals surface area contributed by atoms with Crippen molar-refractivity contribution in [3.05, 3.63) is 53.0 Å². The van der Waals surface area contributed by atoms with Crippen LogP contribution in [0.4, 0.5) is 16.2 Å². The van der Waals surface area contributed by atoms with Gasteiger partial charge >= 0.3 is 12.0 Å². The quantitative estimate of drug-likeness (QED) is 0.555. The predicted molar refractivity (Wildman–Crippen MR) is 121 cm³/mol. The number of esters is 1. The Morgan fingerprint density at radius 1 is 1.00 bits per heavy atom. The topological polar surface area (TPSA) is 59.1 Å². The lowest BCUT2D eigenvalue weighted by molar-refractivity contribution is -0.155. The van der Waals surface area contributed by atoms with Crippen LogP contribution < -0.4 is 14.5 Å². The third-order valence-corrected chi connectivity index (χ3v) is 5.27. The van der Waals surface area contributed by atoms with Crippen LogP contribution in [0.3, 0.4) is 0 Å². The van der Waals surface area contributed by atoms with Crippen LogP contribution in [0.5, 0.6) is 5.75 Å². The summed E-state index contributed by atoms with van der Waals surface area (Å²) in [7, 11) is 1.60. The number of carbonyl (C=O) groups is 2. The van der Waals surface area contributed by atoms with Gasteiger partial charge in [-0.1, -0.05) is 15.9 Å². The molecule has 0 spiro atoms. The van der Waals surface area contributed by atoms with E-state index >= 15 is 0 Å². The van der Waals surface area contributed by atoms with Crippen LogP contribution in [-0.2, 0) is 9.53 Å². The van der Waals surface area contributed by atoms with E-state index in [0.717, 1.165) is 21.6 Å². The molecule has 0 bridgehead atoms. The number of anilines is 2. The highest BCUT2D eigenvalue weighted by Gasteiger charge is 2.35. The zero-order chi connectivity index (χ0) is 21.9. The zero-order valence-corrected chi connectivity index (χ0v) is 19.3. The van der Waals surface area contributed by atoms with Gasteiger partial charge in [-0.05, 0) is 69.3 Å². The number of methoxy groups -OCH3 is 1. The molecule has 2 amide bonds. The van der Waals surface area contributed by atoms with Gasteiger partial charge in [0.1, 0.15) is 11.4 Å². The molecule has 7 heteroatoms. The summed E-state index contributed by atoms with van der Waals surface area (Å²) in [5, 5.41) is 0. The third kappa shape index (κ3) is 5.53. The second kappa shape index (κ2) is 9.08. The summed E-state index contributed by atoms with van der Waals surface area (Å²) in [5.74, 6) is 0.397. The van der Waals surface area contributed by atoms with E-state index in [1.54, 1.807) is 16.9 Å². The summed E-state index contributed by atoms with van der Waals surface area (Å²) >= 11 is 3.43. The fraction of sp³-hybridized carbons (Fsp3) is 0.391. The van der Waals surface area contributed by atoms with Gasteiger partial charge in [0.2, 0.25) is 0 Å². The average molecular weight is 475 g/mol. The Kier molecular flexibility index (Phi) is 6.71. The minimum Gasteiger partial charge on any atom is -0.497 e. The first-order valence-corrected chi connectivity index (χ1v) is 10.7. The van der Waals surface area contributed by atoms with Gasteiger partial charge in [0.05, 0.1) is 13.5 Å². The summed E-state index contributed by atoms with van der Waals surface area (Å²) in [6.07, 6.45) is 0.240. The van der Waals surface area contributed by atoms with E-state index in [9.17, 15) is 9.59 Å². The summed E-state index contributed by atoms with van der Waals surface area (Å²) in [5.41, 5.74) is 1.01. The van der Waals surface area contributed by atoms with Crippen LogP contribution in [0, 0.1) is 5.92 Å². The Bertz CT molecular complexity index is 891. The maximum absolute atomic E-state index is 13.3. The van der Waals surface area contributed by atoms with Crippen LogP contribution in [0.25, 0.3) is 0 Å². The predicted octanol–water partition coefficient (Wildman–Crippen LogP) is 5.25. The number of amides is 2. The van der Waals surface area contributed by atoms with Crippen molar-refractivity contribution >= 4 is 39.3 Å². The van der Waals surface area contributed by atoms with Crippen molar-refractivity contribution in [1.82, 2.24) is 0 Å². The zero-order valence-electron chi connectivity index (χ0n) is 17.7. The first-order valence-electron chi connectivity index (χ1n) is 9.87. The molecule has 1 saturated heterocycles. The largest absolute Gasteiger partial charge is 0.497 e. The van der Waals surface area contributed by atoms with E-state index in [4.69, 9.17) is 9.47 Å². The molecule has 160 valence electrons. The molecule has 0 aliphatic carbocycles. The van der Waals surface area contributed by atoms with Gasteiger partial charge in [-0.25, -0.2) is 4.79 Å². The molecule has 0 saturated carbocycles. The van der Waals surface area contributed by atoms with Gasteiger partial charge in [0.25, 0.3) is 0 Å². The van der Waals surface area contributed by atoms with Crippen molar-refractivity contribution in [3.8, 4) is 5.75 Å². The van der Waals surface area contributed by atoms with E-state index < -0.39 is 5.60 Å². The molecule has 0 N–H and O–H groups in total. The molecule has 1 heterocycles. The minimum atomic E-state index is -0.539. The number of rotatable bonds is 5. The first-order chi connectivity index (χ1) is 14.2. The number of ether oxygens (including phenoxy) is 2. The first kappa shape index (κ1) is 22.2. The van der Waals surface area contributed by atoms with Crippen LogP contribution in [-0.4, -0.2) is 37.8 Å². The van der Waals surface area contributed by atoms with E-state index in [-0.39, 0.29) is 24.3 Å². The fourth-order valence-corrected chi connectivity index (χ4v) is 3.70. The van der Waals surface area contributed by atoms with Crippen LogP contribution >= 0.6 is 15.9 Å². The van der Waals surface area contributed by atoms with Gasteiger partial charge in [-0.2, -0.15) is 0 Å². The van der Waals surface area contributed by atoms with Crippen molar-refractivity contribution in [2.24, 2.45) is 5.92 Å². The molecule has 6 nitrogen and oxygen atoms in total. The monoisotopic (exact) mass is 474 g/mol. The van der Waals surface area contributed by atoms with Crippen molar-refractivity contribution in [2.75, 3.05) is 30.0 Å². The van der Waals surface area contributed by atoms with E-state index in [2.05, 4.69) is 15.9 Å². The molecule has 0 radical (unpaired) electrons. The molecule has 30 heavy (non-hydrogen) atoms. The Morgan fingerprint density at radius 2 is 1.50 bits per heavy atom. The van der Waals surface area contributed by atoms with Crippen LogP contribution in [0.1, 0.15) is 27.2 Å². The minimum absolute atomic E-state index is 0.0664.